The first-order valence-corrected chi connectivity index (χ1v) is 6.24. The molecule has 0 spiro atoms. The Morgan fingerprint density at radius 3 is 2.79 bits per heavy atom. The molecule has 0 amide bonds. The Labute approximate surface area is 115 Å². The van der Waals surface area contributed by atoms with Crippen molar-refractivity contribution in [2.24, 2.45) is 0 Å². The highest BCUT2D eigenvalue weighted by molar-refractivity contribution is 9.11. The summed E-state index contributed by atoms with van der Waals surface area (Å²) in [6.45, 7) is 0. The zero-order valence-electron chi connectivity index (χ0n) is 9.38. The van der Waals surface area contributed by atoms with Gasteiger partial charge in [-0.25, -0.2) is 9.97 Å². The molecule has 2 aromatic rings. The number of aromatic hydroxyl groups is 1. The molecule has 1 aliphatic heterocycles. The van der Waals surface area contributed by atoms with E-state index in [1.54, 1.807) is 0 Å². The van der Waals surface area contributed by atoms with E-state index in [2.05, 4.69) is 30.9 Å². The van der Waals surface area contributed by atoms with Gasteiger partial charge in [0.25, 0.3) is 0 Å². The van der Waals surface area contributed by atoms with Gasteiger partial charge in [0.15, 0.2) is 11.2 Å². The second-order valence-corrected chi connectivity index (χ2v) is 4.43. The highest BCUT2D eigenvalue weighted by Gasteiger charge is 2.41. The summed E-state index contributed by atoms with van der Waals surface area (Å²) in [6, 6.07) is 0. The van der Waals surface area contributed by atoms with Crippen LogP contribution in [0.15, 0.2) is 23.4 Å². The van der Waals surface area contributed by atoms with Crippen LogP contribution in [0, 0.1) is 0 Å². The van der Waals surface area contributed by atoms with Crippen LogP contribution in [-0.2, 0) is 4.74 Å². The molecule has 8 nitrogen and oxygen atoms in total. The smallest absolute Gasteiger partial charge is 0.242 e. The fraction of sp³-hybridized carbons (Fsp3) is 0.300. The van der Waals surface area contributed by atoms with Crippen LogP contribution in [0.25, 0.3) is 11.2 Å². The Bertz CT molecular complexity index is 658. The predicted molar refractivity (Wildman–Crippen MR) is 66.1 cm³/mol. The monoisotopic (exact) mass is 328 g/mol. The quantitative estimate of drug-likeness (QED) is 0.676. The molecule has 3 heterocycles. The Hall–Kier alpha value is -1.71. The largest absolute Gasteiger partial charge is 0.492 e. The zero-order valence-corrected chi connectivity index (χ0v) is 11.0. The molecule has 19 heavy (non-hydrogen) atoms. The number of aromatic nitrogens is 4. The van der Waals surface area contributed by atoms with Crippen molar-refractivity contribution in [3.05, 3.63) is 23.4 Å². The zero-order chi connectivity index (χ0) is 13.6. The molecular formula is C10H9BrN4O4. The molecule has 1 saturated heterocycles. The second kappa shape index (κ2) is 4.44. The van der Waals surface area contributed by atoms with Crippen LogP contribution in [0.1, 0.15) is 6.23 Å². The van der Waals surface area contributed by atoms with Gasteiger partial charge in [-0.3, -0.25) is 4.57 Å². The number of hydrogen-bond acceptors (Lipinski definition) is 7. The van der Waals surface area contributed by atoms with Gasteiger partial charge in [-0.05, 0) is 0 Å². The first-order chi connectivity index (χ1) is 9.13. The van der Waals surface area contributed by atoms with Crippen LogP contribution in [0.4, 0.5) is 0 Å². The third-order valence-corrected chi connectivity index (χ3v) is 3.34. The molecule has 1 fully saturated rings. The third kappa shape index (κ3) is 1.78. The lowest BCUT2D eigenvalue weighted by atomic mass is 10.2. The molecule has 100 valence electrons. The van der Waals surface area contributed by atoms with Gasteiger partial charge in [0.1, 0.15) is 30.6 Å². The first-order valence-electron chi connectivity index (χ1n) is 5.33. The van der Waals surface area contributed by atoms with Crippen molar-refractivity contribution < 1.29 is 20.1 Å². The summed E-state index contributed by atoms with van der Waals surface area (Å²) in [5.74, 6) is -0.0503. The maximum absolute atomic E-state index is 9.97. The van der Waals surface area contributed by atoms with Crippen molar-refractivity contribution >= 4 is 27.1 Å². The highest BCUT2D eigenvalue weighted by atomic mass is 79.9. The SMILES string of the molecule is Oc1ncnc2c1ncn2[C@@H]1OC(=CBr)[C@@H](O)[C@H]1O. The van der Waals surface area contributed by atoms with E-state index in [-0.39, 0.29) is 17.2 Å². The Morgan fingerprint density at radius 1 is 1.32 bits per heavy atom. The Balaban J connectivity index is 2.09. The normalized spacial score (nSPS) is 29.0. The van der Waals surface area contributed by atoms with Gasteiger partial charge in [0.2, 0.25) is 12.1 Å². The fourth-order valence-corrected chi connectivity index (χ4v) is 2.32. The molecule has 0 aromatic carbocycles. The lowest BCUT2D eigenvalue weighted by Gasteiger charge is -2.15. The standard InChI is InChI=1S/C10H9BrN4O4/c11-1-4-6(16)7(17)10(19-4)15-3-14-5-8(15)12-2-13-9(5)18/h1-3,6-7,10,16-17H,(H,12,13,18)/t6-,7-,10-/m1/s1. The van der Waals surface area contributed by atoms with Crippen molar-refractivity contribution in [1.29, 1.82) is 0 Å². The van der Waals surface area contributed by atoms with E-state index < -0.39 is 18.4 Å². The molecule has 0 unspecified atom stereocenters. The molecule has 0 bridgehead atoms. The number of aliphatic hydroxyl groups excluding tert-OH is 2. The van der Waals surface area contributed by atoms with Crippen molar-refractivity contribution in [1.82, 2.24) is 19.5 Å². The molecular weight excluding hydrogens is 320 g/mol. The van der Waals surface area contributed by atoms with Gasteiger partial charge < -0.3 is 20.1 Å². The van der Waals surface area contributed by atoms with Crippen molar-refractivity contribution in [3.63, 3.8) is 0 Å². The van der Waals surface area contributed by atoms with Crippen molar-refractivity contribution in [3.8, 4) is 5.88 Å². The number of nitrogens with zero attached hydrogens (tertiary/aromatic N) is 4. The summed E-state index contributed by atoms with van der Waals surface area (Å²) in [7, 11) is 0. The third-order valence-electron chi connectivity index (χ3n) is 2.89. The van der Waals surface area contributed by atoms with Gasteiger partial charge in [-0.1, -0.05) is 15.9 Å². The Kier molecular flexibility index (Phi) is 2.88. The number of halogens is 1. The molecule has 0 radical (unpaired) electrons. The van der Waals surface area contributed by atoms with Gasteiger partial charge in [0, 0.05) is 4.99 Å². The average molecular weight is 329 g/mol. The highest BCUT2D eigenvalue weighted by Crippen LogP contribution is 2.34. The van der Waals surface area contributed by atoms with E-state index in [1.807, 2.05) is 0 Å². The molecule has 3 N–H and O–H groups in total. The summed E-state index contributed by atoms with van der Waals surface area (Å²) < 4.78 is 6.85. The minimum atomic E-state index is -1.17. The maximum atomic E-state index is 9.97. The molecule has 3 atom stereocenters. The van der Waals surface area contributed by atoms with Crippen LogP contribution in [-0.4, -0.2) is 47.0 Å². The fourth-order valence-electron chi connectivity index (χ4n) is 1.94. The van der Waals surface area contributed by atoms with Crippen molar-refractivity contribution in [2.45, 2.75) is 18.4 Å². The number of ether oxygens (including phenoxy) is 1. The first kappa shape index (κ1) is 12.3. The van der Waals surface area contributed by atoms with Gasteiger partial charge >= 0.3 is 0 Å². The van der Waals surface area contributed by atoms with Crippen LogP contribution in [0.2, 0.25) is 0 Å². The number of imidazole rings is 1. The Morgan fingerprint density at radius 2 is 2.11 bits per heavy atom. The minimum Gasteiger partial charge on any atom is -0.492 e. The van der Waals surface area contributed by atoms with E-state index in [0.717, 1.165) is 0 Å². The van der Waals surface area contributed by atoms with Crippen LogP contribution in [0.3, 0.4) is 0 Å². The summed E-state index contributed by atoms with van der Waals surface area (Å²) in [5.41, 5.74) is 0.503. The van der Waals surface area contributed by atoms with Crippen molar-refractivity contribution in [2.75, 3.05) is 0 Å². The lowest BCUT2D eigenvalue weighted by Crippen LogP contribution is -2.27. The van der Waals surface area contributed by atoms with E-state index in [9.17, 15) is 15.3 Å². The predicted octanol–water partition coefficient (Wildman–Crippen LogP) is 0.0188. The van der Waals surface area contributed by atoms with E-state index >= 15 is 0 Å². The van der Waals surface area contributed by atoms with E-state index in [4.69, 9.17) is 4.74 Å². The molecule has 2 aromatic heterocycles. The second-order valence-electron chi connectivity index (χ2n) is 3.98. The molecule has 9 heteroatoms. The summed E-state index contributed by atoms with van der Waals surface area (Å²) in [4.78, 5) is 12.9. The number of fused-ring (bicyclic) bond motifs is 1. The molecule has 0 aliphatic carbocycles. The van der Waals surface area contributed by atoms with Crippen LogP contribution in [0.5, 0.6) is 5.88 Å². The van der Waals surface area contributed by atoms with Gasteiger partial charge in [-0.2, -0.15) is 4.98 Å². The molecule has 0 saturated carbocycles. The number of rotatable bonds is 1. The summed E-state index contributed by atoms with van der Waals surface area (Å²) in [6.07, 6.45) is -0.653. The summed E-state index contributed by atoms with van der Waals surface area (Å²) >= 11 is 3.05. The summed E-state index contributed by atoms with van der Waals surface area (Å²) in [5, 5.41) is 29.3. The topological polar surface area (TPSA) is 114 Å². The van der Waals surface area contributed by atoms with Gasteiger partial charge in [0.05, 0.1) is 0 Å². The van der Waals surface area contributed by atoms with E-state index in [1.165, 1.54) is 22.2 Å². The minimum absolute atomic E-state index is 0.198. The molecule has 3 rings (SSSR count). The van der Waals surface area contributed by atoms with E-state index in [0.29, 0.717) is 5.65 Å². The van der Waals surface area contributed by atoms with Crippen LogP contribution >= 0.6 is 15.9 Å². The maximum Gasteiger partial charge on any atom is 0.242 e. The molecule has 1 aliphatic rings. The average Bonchev–Trinajstić information content (AvgIpc) is 2.94. The number of aliphatic hydroxyl groups is 2. The van der Waals surface area contributed by atoms with Gasteiger partial charge in [-0.15, -0.1) is 0 Å². The van der Waals surface area contributed by atoms with Crippen LogP contribution < -0.4 is 0 Å². The number of hydrogen-bond donors (Lipinski definition) is 3. The lowest BCUT2D eigenvalue weighted by molar-refractivity contribution is -0.0118.